The van der Waals surface area contributed by atoms with Gasteiger partial charge in [-0.05, 0) is 0 Å². The fourth-order valence-corrected chi connectivity index (χ4v) is 1.76. The van der Waals surface area contributed by atoms with Crippen molar-refractivity contribution in [2.75, 3.05) is 6.61 Å². The number of rotatable bonds is 2. The maximum Gasteiger partial charge on any atom is 0.196 e. The third-order valence-electron chi connectivity index (χ3n) is 2.71. The van der Waals surface area contributed by atoms with Crippen LogP contribution in [0.3, 0.4) is 0 Å². The molecule has 0 saturated carbocycles. The first-order valence-corrected chi connectivity index (χ1v) is 4.48. The molecule has 0 spiro atoms. The summed E-state index contributed by atoms with van der Waals surface area (Å²) in [7, 11) is 1.42. The Morgan fingerprint density at radius 1 is 1.73 bits per heavy atom. The molecule has 1 aliphatic heterocycles. The van der Waals surface area contributed by atoms with Gasteiger partial charge in [0.05, 0.1) is 12.6 Å². The van der Waals surface area contributed by atoms with Crippen molar-refractivity contribution >= 4 is 7.85 Å². The number of ether oxygens (including phenoxy) is 1. The summed E-state index contributed by atoms with van der Waals surface area (Å²) in [5.41, 5.74) is -2.22. The van der Waals surface area contributed by atoms with Crippen LogP contribution in [0.5, 0.6) is 0 Å². The van der Waals surface area contributed by atoms with Crippen LogP contribution in [-0.4, -0.2) is 48.0 Å². The molecular formula is C10H12BFO3. The van der Waals surface area contributed by atoms with Crippen molar-refractivity contribution < 1.29 is 19.3 Å². The van der Waals surface area contributed by atoms with E-state index in [0.717, 1.165) is 6.08 Å². The molecule has 0 aromatic rings. The van der Waals surface area contributed by atoms with Crippen LogP contribution in [0.1, 0.15) is 0 Å². The second-order valence-corrected chi connectivity index (χ2v) is 3.48. The molecule has 0 radical (unpaired) electrons. The second-order valence-electron chi connectivity index (χ2n) is 3.48. The Morgan fingerprint density at radius 2 is 2.33 bits per heavy atom. The van der Waals surface area contributed by atoms with E-state index in [2.05, 4.69) is 12.3 Å². The number of alkyl halides is 1. The van der Waals surface area contributed by atoms with Gasteiger partial charge in [0.25, 0.3) is 0 Å². The molecule has 3 nitrogen and oxygen atoms in total. The summed E-state index contributed by atoms with van der Waals surface area (Å²) in [4.78, 5) is 0. The summed E-state index contributed by atoms with van der Waals surface area (Å²) in [6.07, 6.45) is 4.89. The fourth-order valence-electron chi connectivity index (χ4n) is 1.76. The van der Waals surface area contributed by atoms with Crippen molar-refractivity contribution in [2.24, 2.45) is 0 Å². The predicted octanol–water partition coefficient (Wildman–Crippen LogP) is -1.25. The van der Waals surface area contributed by atoms with Crippen molar-refractivity contribution in [3.05, 3.63) is 18.4 Å². The van der Waals surface area contributed by atoms with E-state index in [1.807, 2.05) is 5.92 Å². The van der Waals surface area contributed by atoms with Gasteiger partial charge in [0.15, 0.2) is 11.3 Å². The minimum Gasteiger partial charge on any atom is -0.394 e. The van der Waals surface area contributed by atoms with Crippen LogP contribution >= 0.6 is 0 Å². The van der Waals surface area contributed by atoms with Gasteiger partial charge in [0.1, 0.15) is 14.0 Å². The molecule has 1 unspecified atom stereocenters. The zero-order valence-electron chi connectivity index (χ0n) is 8.40. The van der Waals surface area contributed by atoms with E-state index in [1.54, 1.807) is 0 Å². The number of aliphatic hydroxyl groups is 2. The SMILES string of the molecule is B[C@@H]1O[C@H](CO)[C@@](O)(C#C)C1(F)C=C=C. The summed E-state index contributed by atoms with van der Waals surface area (Å²) >= 11 is 0. The van der Waals surface area contributed by atoms with E-state index in [-0.39, 0.29) is 0 Å². The highest BCUT2D eigenvalue weighted by atomic mass is 19.1. The minimum atomic E-state index is -2.28. The fraction of sp³-hybridized carbons (Fsp3) is 0.500. The average Bonchev–Trinajstić information content (AvgIpc) is 2.41. The summed E-state index contributed by atoms with van der Waals surface area (Å²) in [6, 6.07) is -0.968. The molecule has 0 amide bonds. The van der Waals surface area contributed by atoms with Crippen LogP contribution < -0.4 is 0 Å². The first-order chi connectivity index (χ1) is 6.96. The van der Waals surface area contributed by atoms with Gasteiger partial charge in [-0.1, -0.05) is 12.5 Å². The Hall–Kier alpha value is -1.05. The van der Waals surface area contributed by atoms with Crippen LogP contribution in [0.15, 0.2) is 18.4 Å². The van der Waals surface area contributed by atoms with Gasteiger partial charge in [0.2, 0.25) is 0 Å². The highest BCUT2D eigenvalue weighted by molar-refractivity contribution is 6.12. The van der Waals surface area contributed by atoms with E-state index in [0.29, 0.717) is 0 Å². The molecule has 1 aliphatic rings. The molecule has 80 valence electrons. The van der Waals surface area contributed by atoms with E-state index < -0.39 is 30.0 Å². The minimum absolute atomic E-state index is 0.554. The lowest BCUT2D eigenvalue weighted by Gasteiger charge is -2.31. The van der Waals surface area contributed by atoms with Crippen molar-refractivity contribution in [1.29, 1.82) is 0 Å². The molecule has 1 heterocycles. The maximum atomic E-state index is 14.4. The molecule has 2 N–H and O–H groups in total. The molecule has 0 aliphatic carbocycles. The Bertz CT molecular complexity index is 347. The quantitative estimate of drug-likeness (QED) is 0.340. The van der Waals surface area contributed by atoms with Crippen LogP contribution in [0.25, 0.3) is 0 Å². The van der Waals surface area contributed by atoms with E-state index in [9.17, 15) is 9.50 Å². The first kappa shape index (κ1) is 12.0. The van der Waals surface area contributed by atoms with Crippen molar-refractivity contribution in [1.82, 2.24) is 0 Å². The molecule has 0 aromatic carbocycles. The van der Waals surface area contributed by atoms with Crippen molar-refractivity contribution in [3.8, 4) is 12.3 Å². The molecule has 1 rings (SSSR count). The maximum absolute atomic E-state index is 14.4. The topological polar surface area (TPSA) is 49.7 Å². The van der Waals surface area contributed by atoms with Gasteiger partial charge in [-0.2, -0.15) is 0 Å². The molecule has 0 bridgehead atoms. The zero-order chi connectivity index (χ0) is 11.7. The molecule has 15 heavy (non-hydrogen) atoms. The number of hydrogen-bond donors (Lipinski definition) is 2. The van der Waals surface area contributed by atoms with Gasteiger partial charge < -0.3 is 14.9 Å². The average molecular weight is 210 g/mol. The van der Waals surface area contributed by atoms with E-state index in [4.69, 9.17) is 16.3 Å². The Labute approximate surface area is 88.7 Å². The third-order valence-corrected chi connectivity index (χ3v) is 2.71. The predicted molar refractivity (Wildman–Crippen MR) is 55.6 cm³/mol. The highest BCUT2D eigenvalue weighted by Gasteiger charge is 2.64. The van der Waals surface area contributed by atoms with Crippen LogP contribution in [0.4, 0.5) is 4.39 Å². The van der Waals surface area contributed by atoms with Gasteiger partial charge in [-0.25, -0.2) is 4.39 Å². The molecule has 5 heteroatoms. The lowest BCUT2D eigenvalue weighted by atomic mass is 9.74. The molecule has 0 aromatic heterocycles. The van der Waals surface area contributed by atoms with Crippen LogP contribution in [0, 0.1) is 12.3 Å². The van der Waals surface area contributed by atoms with E-state index in [1.165, 1.54) is 7.85 Å². The van der Waals surface area contributed by atoms with Gasteiger partial charge >= 0.3 is 0 Å². The van der Waals surface area contributed by atoms with Crippen molar-refractivity contribution in [3.63, 3.8) is 0 Å². The zero-order valence-corrected chi connectivity index (χ0v) is 8.40. The molecule has 1 saturated heterocycles. The molecule has 1 fully saturated rings. The molecular weight excluding hydrogens is 198 g/mol. The normalized spacial score (nSPS) is 44.4. The monoisotopic (exact) mass is 210 g/mol. The third kappa shape index (κ3) is 1.43. The van der Waals surface area contributed by atoms with E-state index >= 15 is 0 Å². The Morgan fingerprint density at radius 3 is 2.73 bits per heavy atom. The Balaban J connectivity index is 3.27. The van der Waals surface area contributed by atoms with Crippen molar-refractivity contribution in [2.45, 2.75) is 23.4 Å². The number of hydrogen-bond acceptors (Lipinski definition) is 3. The number of terminal acetylenes is 1. The summed E-state index contributed by atoms with van der Waals surface area (Å²) in [5, 5.41) is 18.9. The smallest absolute Gasteiger partial charge is 0.196 e. The van der Waals surface area contributed by atoms with Gasteiger partial charge in [-0.3, -0.25) is 0 Å². The summed E-state index contributed by atoms with van der Waals surface area (Å²) in [5.74, 6) is 1.94. The van der Waals surface area contributed by atoms with Crippen LogP contribution in [0.2, 0.25) is 0 Å². The lowest BCUT2D eigenvalue weighted by molar-refractivity contribution is -0.0526. The van der Waals surface area contributed by atoms with Gasteiger partial charge in [0, 0.05) is 6.08 Å². The second kappa shape index (κ2) is 3.84. The van der Waals surface area contributed by atoms with Crippen LogP contribution in [-0.2, 0) is 4.74 Å². The van der Waals surface area contributed by atoms with Gasteiger partial charge in [-0.15, -0.1) is 12.2 Å². The largest absolute Gasteiger partial charge is 0.394 e. The lowest BCUT2D eigenvalue weighted by Crippen LogP contribution is -2.55. The number of halogens is 1. The first-order valence-electron chi connectivity index (χ1n) is 4.48. The summed E-state index contributed by atoms with van der Waals surface area (Å²) < 4.78 is 19.5. The highest BCUT2D eigenvalue weighted by Crippen LogP contribution is 2.42. The summed E-state index contributed by atoms with van der Waals surface area (Å²) in [6.45, 7) is 2.68. The molecule has 4 atom stereocenters. The standard InChI is InChI=1S/C10H12BFO3/c1-3-5-9(12)8(11)15-7(6-13)10(9,14)4-2/h2,5,7-8,13-14H,1,6,11H2/t7-,8-,9?,10+/m1/s1. The Kier molecular flexibility index (Phi) is 3.08. The number of aliphatic hydroxyl groups excluding tert-OH is 1.